The van der Waals surface area contributed by atoms with Crippen molar-refractivity contribution in [2.75, 3.05) is 0 Å². The molecule has 0 unspecified atom stereocenters. The minimum absolute atomic E-state index is 0.430. The van der Waals surface area contributed by atoms with Crippen LogP contribution in [0.4, 0.5) is 0 Å². The highest BCUT2D eigenvalue weighted by molar-refractivity contribution is 7.88. The highest BCUT2D eigenvalue weighted by Crippen LogP contribution is 2.13. The van der Waals surface area contributed by atoms with Gasteiger partial charge in [0.25, 0.3) is 10.1 Å². The molecule has 3 nitrogen and oxygen atoms in total. The largest absolute Gasteiger partial charge is 0.287 e. The summed E-state index contributed by atoms with van der Waals surface area (Å²) in [6.45, 7) is 0. The molecule has 0 radical (unpaired) electrons. The first kappa shape index (κ1) is 11.3. The van der Waals surface area contributed by atoms with Crippen LogP contribution in [0.25, 0.3) is 0 Å². The lowest BCUT2D eigenvalue weighted by atomic mass is 10.1. The van der Waals surface area contributed by atoms with Gasteiger partial charge in [0.1, 0.15) is 0 Å². The van der Waals surface area contributed by atoms with Gasteiger partial charge < -0.3 is 0 Å². The average molecular weight is 230 g/mol. The summed E-state index contributed by atoms with van der Waals surface area (Å²) in [5.41, 5.74) is 0.913. The van der Waals surface area contributed by atoms with Gasteiger partial charge in [-0.2, -0.15) is 8.42 Å². The lowest BCUT2D eigenvalue weighted by molar-refractivity contribution is 0.494. The van der Waals surface area contributed by atoms with Crippen molar-refractivity contribution in [2.24, 2.45) is 0 Å². The maximum absolute atomic E-state index is 10.4. The highest BCUT2D eigenvalue weighted by atomic mass is 32.2. The second kappa shape index (κ2) is 4.63. The maximum atomic E-state index is 10.4. The Hall–Kier alpha value is -0.780. The SMILES string of the molecule is O=S(=O)(O)C=CCc1ccccc1S. The van der Waals surface area contributed by atoms with Crippen LogP contribution in [0.15, 0.2) is 40.6 Å². The normalized spacial score (nSPS) is 12.1. The van der Waals surface area contributed by atoms with Crippen LogP contribution in [0.1, 0.15) is 5.56 Å². The van der Waals surface area contributed by atoms with E-state index in [9.17, 15) is 8.42 Å². The van der Waals surface area contributed by atoms with Crippen LogP contribution >= 0.6 is 12.6 Å². The van der Waals surface area contributed by atoms with Gasteiger partial charge >= 0.3 is 0 Å². The molecule has 1 aromatic rings. The number of hydrogen-bond acceptors (Lipinski definition) is 3. The summed E-state index contributed by atoms with van der Waals surface area (Å²) in [6, 6.07) is 7.35. The van der Waals surface area contributed by atoms with E-state index in [1.54, 1.807) is 0 Å². The van der Waals surface area contributed by atoms with Crippen LogP contribution in [-0.4, -0.2) is 13.0 Å². The van der Waals surface area contributed by atoms with E-state index in [0.29, 0.717) is 6.42 Å². The van der Waals surface area contributed by atoms with E-state index in [1.807, 2.05) is 24.3 Å². The topological polar surface area (TPSA) is 54.4 Å². The summed E-state index contributed by atoms with van der Waals surface area (Å²) in [5.74, 6) is 0. The Morgan fingerprint density at radius 3 is 2.57 bits per heavy atom. The van der Waals surface area contributed by atoms with Crippen LogP contribution in [0.2, 0.25) is 0 Å². The molecule has 1 aromatic carbocycles. The van der Waals surface area contributed by atoms with Gasteiger partial charge in [-0.1, -0.05) is 24.3 Å². The molecule has 1 rings (SSSR count). The Labute approximate surface area is 88.6 Å². The molecule has 0 aliphatic rings. The van der Waals surface area contributed by atoms with Crippen LogP contribution in [-0.2, 0) is 16.5 Å². The summed E-state index contributed by atoms with van der Waals surface area (Å²) in [7, 11) is -4.01. The van der Waals surface area contributed by atoms with Gasteiger partial charge in [-0.25, -0.2) is 0 Å². The zero-order valence-electron chi connectivity index (χ0n) is 7.29. The van der Waals surface area contributed by atoms with E-state index < -0.39 is 10.1 Å². The van der Waals surface area contributed by atoms with Gasteiger partial charge in [-0.05, 0) is 18.1 Å². The van der Waals surface area contributed by atoms with Crippen LogP contribution in [0, 0.1) is 0 Å². The van der Waals surface area contributed by atoms with Gasteiger partial charge in [-0.3, -0.25) is 4.55 Å². The Balaban J connectivity index is 2.72. The molecule has 76 valence electrons. The standard InChI is InChI=1S/C9H10O3S2/c10-14(11,12)7-3-5-8-4-1-2-6-9(8)13/h1-4,6-7,13H,5H2,(H,10,11,12). The molecule has 1 N–H and O–H groups in total. The zero-order chi connectivity index (χ0) is 10.6. The third-order valence-corrected chi connectivity index (χ3v) is 2.57. The minimum Gasteiger partial charge on any atom is -0.282 e. The number of hydrogen-bond donors (Lipinski definition) is 2. The molecular weight excluding hydrogens is 220 g/mol. The third kappa shape index (κ3) is 3.95. The summed E-state index contributed by atoms with van der Waals surface area (Å²) >= 11 is 4.20. The van der Waals surface area contributed by atoms with E-state index in [4.69, 9.17) is 4.55 Å². The molecule has 0 heterocycles. The highest BCUT2D eigenvalue weighted by Gasteiger charge is 1.97. The molecule has 0 fully saturated rings. The fraction of sp³-hybridized carbons (Fsp3) is 0.111. The molecule has 0 bridgehead atoms. The van der Waals surface area contributed by atoms with E-state index in [1.165, 1.54) is 6.08 Å². The van der Waals surface area contributed by atoms with Crippen molar-refractivity contribution in [3.05, 3.63) is 41.3 Å². The molecule has 0 saturated heterocycles. The van der Waals surface area contributed by atoms with E-state index in [0.717, 1.165) is 15.9 Å². The van der Waals surface area contributed by atoms with Crippen LogP contribution < -0.4 is 0 Å². The van der Waals surface area contributed by atoms with Crippen LogP contribution in [0.5, 0.6) is 0 Å². The fourth-order valence-corrected chi connectivity index (χ4v) is 1.57. The van der Waals surface area contributed by atoms with E-state index in [-0.39, 0.29) is 0 Å². The predicted molar refractivity (Wildman–Crippen MR) is 58.1 cm³/mol. The second-order valence-corrected chi connectivity index (χ2v) is 4.50. The second-order valence-electron chi connectivity index (χ2n) is 2.72. The molecule has 0 aliphatic carbocycles. The van der Waals surface area contributed by atoms with Crippen LogP contribution in [0.3, 0.4) is 0 Å². The maximum Gasteiger partial charge on any atom is 0.287 e. The van der Waals surface area contributed by atoms with Crippen molar-refractivity contribution in [3.63, 3.8) is 0 Å². The minimum atomic E-state index is -4.01. The molecule has 0 amide bonds. The first-order chi connectivity index (χ1) is 6.49. The summed E-state index contributed by atoms with van der Waals surface area (Å²) in [5, 5.41) is 0.771. The quantitative estimate of drug-likeness (QED) is 0.616. The van der Waals surface area contributed by atoms with Gasteiger partial charge in [-0.15, -0.1) is 12.6 Å². The van der Waals surface area contributed by atoms with Crippen molar-refractivity contribution >= 4 is 22.7 Å². The van der Waals surface area contributed by atoms with Crippen molar-refractivity contribution in [2.45, 2.75) is 11.3 Å². The van der Waals surface area contributed by atoms with Crippen molar-refractivity contribution < 1.29 is 13.0 Å². The number of benzene rings is 1. The first-order valence-electron chi connectivity index (χ1n) is 3.90. The molecule has 0 spiro atoms. The molecule has 0 atom stereocenters. The van der Waals surface area contributed by atoms with E-state index in [2.05, 4.69) is 12.6 Å². The Morgan fingerprint density at radius 2 is 2.00 bits per heavy atom. The first-order valence-corrected chi connectivity index (χ1v) is 5.85. The lowest BCUT2D eigenvalue weighted by Gasteiger charge is -1.99. The van der Waals surface area contributed by atoms with E-state index >= 15 is 0 Å². The number of allylic oxidation sites excluding steroid dienone is 1. The molecule has 0 aromatic heterocycles. The summed E-state index contributed by atoms with van der Waals surface area (Å²) in [4.78, 5) is 0.799. The smallest absolute Gasteiger partial charge is 0.282 e. The van der Waals surface area contributed by atoms with Gasteiger partial charge in [0.15, 0.2) is 0 Å². The number of thiol groups is 1. The summed E-state index contributed by atoms with van der Waals surface area (Å²) in [6.07, 6.45) is 1.81. The number of rotatable bonds is 3. The van der Waals surface area contributed by atoms with Crippen molar-refractivity contribution in [3.8, 4) is 0 Å². The zero-order valence-corrected chi connectivity index (χ0v) is 9.00. The fourth-order valence-electron chi connectivity index (χ4n) is 0.980. The summed E-state index contributed by atoms with van der Waals surface area (Å²) < 4.78 is 29.1. The Kier molecular flexibility index (Phi) is 3.74. The molecular formula is C9H10O3S2. The van der Waals surface area contributed by atoms with Gasteiger partial charge in [0, 0.05) is 4.90 Å². The predicted octanol–water partition coefficient (Wildman–Crippen LogP) is 1.92. The molecule has 5 heteroatoms. The molecule has 14 heavy (non-hydrogen) atoms. The van der Waals surface area contributed by atoms with Gasteiger partial charge in [0.05, 0.1) is 5.41 Å². The molecule has 0 aliphatic heterocycles. The van der Waals surface area contributed by atoms with Crippen molar-refractivity contribution in [1.82, 2.24) is 0 Å². The molecule has 0 saturated carbocycles. The Bertz CT molecular complexity index is 435. The average Bonchev–Trinajstić information content (AvgIpc) is 2.06. The third-order valence-electron chi connectivity index (χ3n) is 1.60. The van der Waals surface area contributed by atoms with Crippen molar-refractivity contribution in [1.29, 1.82) is 0 Å². The Morgan fingerprint density at radius 1 is 1.36 bits per heavy atom. The lowest BCUT2D eigenvalue weighted by Crippen LogP contribution is -1.90. The van der Waals surface area contributed by atoms with Gasteiger partial charge in [0.2, 0.25) is 0 Å². The monoisotopic (exact) mass is 230 g/mol.